The zero-order chi connectivity index (χ0) is 10.1. The molecule has 4 heteroatoms. The summed E-state index contributed by atoms with van der Waals surface area (Å²) in [6, 6.07) is 0.171. The summed E-state index contributed by atoms with van der Waals surface area (Å²) in [4.78, 5) is 13.1. The third-order valence-electron chi connectivity index (χ3n) is 3.41. The van der Waals surface area contributed by atoms with Gasteiger partial charge in [0.1, 0.15) is 0 Å². The first kappa shape index (κ1) is 9.93. The highest BCUT2D eigenvalue weighted by atomic mass is 16.4. The highest BCUT2D eigenvalue weighted by molar-refractivity contribution is 5.71. The van der Waals surface area contributed by atoms with Crippen LogP contribution in [0.2, 0.25) is 0 Å². The number of β-amino-alcohol motifs (C(OH)–C–C–N with tert-alkyl or cyclic N) is 1. The van der Waals surface area contributed by atoms with E-state index in [1.165, 1.54) is 0 Å². The van der Waals surface area contributed by atoms with Crippen LogP contribution in [0, 0.1) is 5.92 Å². The highest BCUT2D eigenvalue weighted by Crippen LogP contribution is 2.31. The molecule has 2 rings (SSSR count). The van der Waals surface area contributed by atoms with Gasteiger partial charge < -0.3 is 10.2 Å². The van der Waals surface area contributed by atoms with E-state index in [-0.39, 0.29) is 18.1 Å². The first-order chi connectivity index (χ1) is 6.68. The second kappa shape index (κ2) is 3.87. The summed E-state index contributed by atoms with van der Waals surface area (Å²) in [5.74, 6) is -0.882. The quantitative estimate of drug-likeness (QED) is 0.671. The van der Waals surface area contributed by atoms with Crippen LogP contribution in [0.1, 0.15) is 25.7 Å². The van der Waals surface area contributed by atoms with Gasteiger partial charge in [0, 0.05) is 19.1 Å². The van der Waals surface area contributed by atoms with Crippen LogP contribution in [-0.4, -0.2) is 46.3 Å². The third kappa shape index (κ3) is 1.77. The summed E-state index contributed by atoms with van der Waals surface area (Å²) in [6.45, 7) is 1.32. The van der Waals surface area contributed by atoms with Crippen molar-refractivity contribution in [1.82, 2.24) is 4.90 Å². The number of aliphatic hydroxyl groups is 1. The first-order valence-corrected chi connectivity index (χ1v) is 5.33. The van der Waals surface area contributed by atoms with Crippen molar-refractivity contribution in [2.45, 2.75) is 37.8 Å². The van der Waals surface area contributed by atoms with E-state index in [1.807, 2.05) is 0 Å². The molecule has 80 valence electrons. The summed E-state index contributed by atoms with van der Waals surface area (Å²) in [6.07, 6.45) is 3.70. The Labute approximate surface area is 83.5 Å². The fraction of sp³-hybridized carbons (Fsp3) is 0.900. The van der Waals surface area contributed by atoms with Crippen LogP contribution in [0.25, 0.3) is 0 Å². The van der Waals surface area contributed by atoms with Crippen LogP contribution in [0.4, 0.5) is 0 Å². The Balaban J connectivity index is 1.96. The molecule has 4 nitrogen and oxygen atoms in total. The van der Waals surface area contributed by atoms with Crippen molar-refractivity contribution < 1.29 is 15.0 Å². The van der Waals surface area contributed by atoms with Crippen LogP contribution in [0.3, 0.4) is 0 Å². The van der Waals surface area contributed by atoms with Crippen LogP contribution in [0.5, 0.6) is 0 Å². The molecule has 2 atom stereocenters. The minimum Gasteiger partial charge on any atom is -0.481 e. The molecule has 1 heterocycles. The zero-order valence-electron chi connectivity index (χ0n) is 8.22. The molecular formula is C10H17NO3. The van der Waals surface area contributed by atoms with Gasteiger partial charge >= 0.3 is 5.97 Å². The predicted molar refractivity (Wildman–Crippen MR) is 51.0 cm³/mol. The second-order valence-corrected chi connectivity index (χ2v) is 4.40. The molecule has 1 saturated carbocycles. The highest BCUT2D eigenvalue weighted by Gasteiger charge is 2.39. The van der Waals surface area contributed by atoms with Crippen LogP contribution in [-0.2, 0) is 4.79 Å². The monoisotopic (exact) mass is 199 g/mol. The number of nitrogens with zero attached hydrogens (tertiary/aromatic N) is 1. The van der Waals surface area contributed by atoms with E-state index in [9.17, 15) is 9.90 Å². The van der Waals surface area contributed by atoms with Crippen molar-refractivity contribution in [1.29, 1.82) is 0 Å². The second-order valence-electron chi connectivity index (χ2n) is 4.40. The van der Waals surface area contributed by atoms with E-state index in [4.69, 9.17) is 5.11 Å². The van der Waals surface area contributed by atoms with Gasteiger partial charge in [0.05, 0.1) is 12.0 Å². The molecule has 0 amide bonds. The summed E-state index contributed by atoms with van der Waals surface area (Å²) in [5.41, 5.74) is 0. The number of aliphatic hydroxyl groups excluding tert-OH is 1. The summed E-state index contributed by atoms with van der Waals surface area (Å²) >= 11 is 0. The number of hydrogen-bond acceptors (Lipinski definition) is 3. The Kier molecular flexibility index (Phi) is 2.74. The summed E-state index contributed by atoms with van der Waals surface area (Å²) in [7, 11) is 0. The lowest BCUT2D eigenvalue weighted by atomic mass is 9.82. The summed E-state index contributed by atoms with van der Waals surface area (Å²) < 4.78 is 0. The number of carboxylic acids is 1. The fourth-order valence-corrected chi connectivity index (χ4v) is 2.60. The van der Waals surface area contributed by atoms with Crippen LogP contribution < -0.4 is 0 Å². The fourth-order valence-electron chi connectivity index (χ4n) is 2.60. The molecule has 2 fully saturated rings. The molecule has 14 heavy (non-hydrogen) atoms. The van der Waals surface area contributed by atoms with Gasteiger partial charge in [-0.1, -0.05) is 12.8 Å². The van der Waals surface area contributed by atoms with E-state index in [2.05, 4.69) is 4.90 Å². The standard InChI is InChI=1S/C10H17NO3/c12-7-5-11(6-7)9-4-2-1-3-8(9)10(13)14/h7-9,12H,1-6H2,(H,13,14). The topological polar surface area (TPSA) is 60.8 Å². The number of rotatable bonds is 2. The molecule has 2 aliphatic rings. The molecule has 0 radical (unpaired) electrons. The molecule has 0 bridgehead atoms. The summed E-state index contributed by atoms with van der Waals surface area (Å²) in [5, 5.41) is 18.2. The average Bonchev–Trinajstić information content (AvgIpc) is 2.13. The molecule has 2 unspecified atom stereocenters. The number of aliphatic carboxylic acids is 1. The Morgan fingerprint density at radius 1 is 1.21 bits per heavy atom. The van der Waals surface area contributed by atoms with Crippen LogP contribution >= 0.6 is 0 Å². The third-order valence-corrected chi connectivity index (χ3v) is 3.41. The van der Waals surface area contributed by atoms with Gasteiger partial charge in [-0.25, -0.2) is 0 Å². The molecule has 0 aromatic heterocycles. The number of carbonyl (C=O) groups is 1. The molecular weight excluding hydrogens is 182 g/mol. The van der Waals surface area contributed by atoms with Crippen LogP contribution in [0.15, 0.2) is 0 Å². The normalized spacial score (nSPS) is 35.2. The predicted octanol–water partition coefficient (Wildman–Crippen LogP) is 0.306. The van der Waals surface area contributed by atoms with Crippen molar-refractivity contribution in [3.63, 3.8) is 0 Å². The van der Waals surface area contributed by atoms with Crippen molar-refractivity contribution >= 4 is 5.97 Å². The zero-order valence-corrected chi connectivity index (χ0v) is 8.22. The first-order valence-electron chi connectivity index (χ1n) is 5.33. The number of hydrogen-bond donors (Lipinski definition) is 2. The maximum atomic E-state index is 11.0. The molecule has 0 spiro atoms. The Morgan fingerprint density at radius 2 is 1.86 bits per heavy atom. The van der Waals surface area contributed by atoms with E-state index in [1.54, 1.807) is 0 Å². The van der Waals surface area contributed by atoms with Crippen molar-refractivity contribution in [3.05, 3.63) is 0 Å². The van der Waals surface area contributed by atoms with Crippen molar-refractivity contribution in [2.24, 2.45) is 5.92 Å². The lowest BCUT2D eigenvalue weighted by Gasteiger charge is -2.45. The van der Waals surface area contributed by atoms with E-state index >= 15 is 0 Å². The average molecular weight is 199 g/mol. The molecule has 1 aliphatic carbocycles. The molecule has 1 aliphatic heterocycles. The Hall–Kier alpha value is -0.610. The molecule has 0 aromatic rings. The molecule has 2 N–H and O–H groups in total. The molecule has 0 aromatic carbocycles. The maximum Gasteiger partial charge on any atom is 0.308 e. The van der Waals surface area contributed by atoms with Crippen molar-refractivity contribution in [3.8, 4) is 0 Å². The lowest BCUT2D eigenvalue weighted by molar-refractivity contribution is -0.148. The van der Waals surface area contributed by atoms with Gasteiger partial charge in [0.2, 0.25) is 0 Å². The largest absolute Gasteiger partial charge is 0.481 e. The SMILES string of the molecule is O=C(O)C1CCCCC1N1CC(O)C1. The Morgan fingerprint density at radius 3 is 2.43 bits per heavy atom. The lowest BCUT2D eigenvalue weighted by Crippen LogP contribution is -2.58. The van der Waals surface area contributed by atoms with Gasteiger partial charge in [0.15, 0.2) is 0 Å². The van der Waals surface area contributed by atoms with Gasteiger partial charge in [-0.05, 0) is 12.8 Å². The maximum absolute atomic E-state index is 11.0. The smallest absolute Gasteiger partial charge is 0.308 e. The Bertz CT molecular complexity index is 225. The minimum absolute atomic E-state index is 0.171. The van der Waals surface area contributed by atoms with E-state index < -0.39 is 5.97 Å². The van der Waals surface area contributed by atoms with Gasteiger partial charge in [-0.2, -0.15) is 0 Å². The number of carboxylic acid groups (broad SMARTS) is 1. The van der Waals surface area contributed by atoms with Crippen molar-refractivity contribution in [2.75, 3.05) is 13.1 Å². The van der Waals surface area contributed by atoms with E-state index in [0.717, 1.165) is 25.7 Å². The number of likely N-dealkylation sites (tertiary alicyclic amines) is 1. The minimum atomic E-state index is -0.670. The molecule has 1 saturated heterocycles. The van der Waals surface area contributed by atoms with Gasteiger partial charge in [0.25, 0.3) is 0 Å². The van der Waals surface area contributed by atoms with Gasteiger partial charge in [-0.3, -0.25) is 9.69 Å². The van der Waals surface area contributed by atoms with Gasteiger partial charge in [-0.15, -0.1) is 0 Å². The van der Waals surface area contributed by atoms with E-state index in [0.29, 0.717) is 13.1 Å².